The molecule has 0 saturated heterocycles. The van der Waals surface area contributed by atoms with E-state index in [1.165, 1.54) is 0 Å². The van der Waals surface area contributed by atoms with Crippen molar-refractivity contribution in [3.63, 3.8) is 0 Å². The maximum Gasteiger partial charge on any atom is 0.258 e. The van der Waals surface area contributed by atoms with Crippen molar-refractivity contribution in [2.75, 3.05) is 7.05 Å². The smallest absolute Gasteiger partial charge is 0.258 e. The van der Waals surface area contributed by atoms with Crippen molar-refractivity contribution >= 4 is 16.8 Å². The van der Waals surface area contributed by atoms with Gasteiger partial charge in [0, 0.05) is 13.5 Å². The average Bonchev–Trinajstić information content (AvgIpc) is 3.00. The Kier molecular flexibility index (Phi) is 4.04. The highest BCUT2D eigenvalue weighted by molar-refractivity contribution is 5.78. The minimum atomic E-state index is -0.167. The van der Waals surface area contributed by atoms with Crippen LogP contribution >= 0.6 is 0 Å². The number of benzene rings is 1. The van der Waals surface area contributed by atoms with Crippen LogP contribution in [0, 0.1) is 5.92 Å². The number of nitrogens with zero attached hydrogens (tertiary/aromatic N) is 2. The first-order valence-electron chi connectivity index (χ1n) is 7.52. The Balaban J connectivity index is 1.73. The number of carbonyl (C=O) groups is 1. The SMILES string of the molecule is CN(Cc1nc2ccccc2c(=O)[nH]1)C(=O)C[C@H]1C=CCC1. The molecule has 0 radical (unpaired) electrons. The van der Waals surface area contributed by atoms with Crippen molar-refractivity contribution in [1.29, 1.82) is 0 Å². The second-order valence-corrected chi connectivity index (χ2v) is 5.75. The highest BCUT2D eigenvalue weighted by Gasteiger charge is 2.17. The molecule has 1 amide bonds. The lowest BCUT2D eigenvalue weighted by molar-refractivity contribution is -0.131. The predicted molar refractivity (Wildman–Crippen MR) is 85.3 cm³/mol. The van der Waals surface area contributed by atoms with E-state index in [-0.39, 0.29) is 11.5 Å². The van der Waals surface area contributed by atoms with Crippen LogP contribution in [0.5, 0.6) is 0 Å². The second-order valence-electron chi connectivity index (χ2n) is 5.75. The standard InChI is InChI=1S/C17H19N3O2/c1-20(16(21)10-12-6-2-3-7-12)11-15-18-14-9-5-4-8-13(14)17(22)19-15/h2,4-6,8-9,12H,3,7,10-11H2,1H3,(H,18,19,22)/t12-/m0/s1. The zero-order chi connectivity index (χ0) is 15.5. The van der Waals surface area contributed by atoms with Crippen LogP contribution in [-0.2, 0) is 11.3 Å². The van der Waals surface area contributed by atoms with Crippen LogP contribution in [0.4, 0.5) is 0 Å². The largest absolute Gasteiger partial charge is 0.338 e. The van der Waals surface area contributed by atoms with Crippen LogP contribution in [0.15, 0.2) is 41.2 Å². The summed E-state index contributed by atoms with van der Waals surface area (Å²) in [5.41, 5.74) is 0.487. The van der Waals surface area contributed by atoms with Gasteiger partial charge in [-0.25, -0.2) is 4.98 Å². The molecule has 1 atom stereocenters. The fourth-order valence-electron chi connectivity index (χ4n) is 2.77. The summed E-state index contributed by atoms with van der Waals surface area (Å²) in [7, 11) is 1.75. The van der Waals surface area contributed by atoms with E-state index in [9.17, 15) is 9.59 Å². The van der Waals surface area contributed by atoms with Crippen LogP contribution < -0.4 is 5.56 Å². The molecule has 0 spiro atoms. The highest BCUT2D eigenvalue weighted by atomic mass is 16.2. The molecule has 0 unspecified atom stereocenters. The maximum atomic E-state index is 12.2. The molecule has 1 heterocycles. The summed E-state index contributed by atoms with van der Waals surface area (Å²) >= 11 is 0. The van der Waals surface area contributed by atoms with Crippen LogP contribution in [0.25, 0.3) is 10.9 Å². The van der Waals surface area contributed by atoms with Crippen LogP contribution in [0.3, 0.4) is 0 Å². The van der Waals surface area contributed by atoms with Crippen molar-refractivity contribution in [2.45, 2.75) is 25.8 Å². The molecule has 0 bridgehead atoms. The summed E-state index contributed by atoms with van der Waals surface area (Å²) in [5, 5.41) is 0.566. The van der Waals surface area contributed by atoms with Gasteiger partial charge in [-0.3, -0.25) is 9.59 Å². The van der Waals surface area contributed by atoms with Crippen molar-refractivity contribution < 1.29 is 4.79 Å². The van der Waals surface area contributed by atoms with Crippen molar-refractivity contribution in [3.8, 4) is 0 Å². The summed E-state index contributed by atoms with van der Waals surface area (Å²) in [6.45, 7) is 0.315. The van der Waals surface area contributed by atoms with Gasteiger partial charge < -0.3 is 9.88 Å². The number of fused-ring (bicyclic) bond motifs is 1. The number of rotatable bonds is 4. The molecule has 0 aliphatic heterocycles. The molecule has 2 aromatic rings. The Morgan fingerprint density at radius 3 is 3.00 bits per heavy atom. The second kappa shape index (κ2) is 6.13. The van der Waals surface area contributed by atoms with E-state index in [2.05, 4.69) is 22.1 Å². The molecule has 1 N–H and O–H groups in total. The fourth-order valence-corrected chi connectivity index (χ4v) is 2.77. The molecule has 0 saturated carbocycles. The maximum absolute atomic E-state index is 12.2. The summed E-state index contributed by atoms with van der Waals surface area (Å²) in [6, 6.07) is 7.20. The van der Waals surface area contributed by atoms with Crippen LogP contribution in [-0.4, -0.2) is 27.8 Å². The topological polar surface area (TPSA) is 66.1 Å². The van der Waals surface area contributed by atoms with Crippen molar-refractivity contribution in [2.24, 2.45) is 5.92 Å². The molecule has 3 rings (SSSR count). The van der Waals surface area contributed by atoms with Gasteiger partial charge in [0.25, 0.3) is 5.56 Å². The first-order valence-corrected chi connectivity index (χ1v) is 7.52. The molecule has 114 valence electrons. The van der Waals surface area contributed by atoms with E-state index in [0.717, 1.165) is 12.8 Å². The lowest BCUT2D eigenvalue weighted by atomic mass is 10.0. The number of aromatic nitrogens is 2. The number of amides is 1. The minimum Gasteiger partial charge on any atom is -0.338 e. The lowest BCUT2D eigenvalue weighted by Crippen LogP contribution is -2.29. The Labute approximate surface area is 128 Å². The van der Waals surface area contributed by atoms with E-state index in [1.807, 2.05) is 12.1 Å². The van der Waals surface area contributed by atoms with Gasteiger partial charge in [0.05, 0.1) is 17.4 Å². The van der Waals surface area contributed by atoms with Crippen LogP contribution in [0.2, 0.25) is 0 Å². The molecule has 0 fully saturated rings. The first-order chi connectivity index (χ1) is 10.6. The zero-order valence-electron chi connectivity index (χ0n) is 12.6. The van der Waals surface area contributed by atoms with Crippen LogP contribution in [0.1, 0.15) is 25.1 Å². The van der Waals surface area contributed by atoms with Gasteiger partial charge in [0.2, 0.25) is 5.91 Å². The number of hydrogen-bond donors (Lipinski definition) is 1. The van der Waals surface area contributed by atoms with Gasteiger partial charge in [-0.05, 0) is 30.9 Å². The van der Waals surface area contributed by atoms with E-state index >= 15 is 0 Å². The van der Waals surface area contributed by atoms with E-state index < -0.39 is 0 Å². The highest BCUT2D eigenvalue weighted by Crippen LogP contribution is 2.21. The molecule has 1 aromatic heterocycles. The molecule has 1 aromatic carbocycles. The number of para-hydroxylation sites is 1. The lowest BCUT2D eigenvalue weighted by Gasteiger charge is -2.18. The van der Waals surface area contributed by atoms with Gasteiger partial charge in [-0.15, -0.1) is 0 Å². The Morgan fingerprint density at radius 1 is 1.41 bits per heavy atom. The molecule has 5 heteroatoms. The number of carbonyl (C=O) groups excluding carboxylic acids is 1. The van der Waals surface area contributed by atoms with E-state index in [1.54, 1.807) is 24.1 Å². The third-order valence-electron chi connectivity index (χ3n) is 4.02. The van der Waals surface area contributed by atoms with E-state index in [4.69, 9.17) is 0 Å². The van der Waals surface area contributed by atoms with Gasteiger partial charge in [0.15, 0.2) is 0 Å². The van der Waals surface area contributed by atoms with Gasteiger partial charge in [-0.1, -0.05) is 24.3 Å². The minimum absolute atomic E-state index is 0.0763. The molecule has 5 nitrogen and oxygen atoms in total. The first kappa shape index (κ1) is 14.5. The van der Waals surface area contributed by atoms with Gasteiger partial charge >= 0.3 is 0 Å². The summed E-state index contributed by atoms with van der Waals surface area (Å²) < 4.78 is 0. The van der Waals surface area contributed by atoms with Gasteiger partial charge in [-0.2, -0.15) is 0 Å². The average molecular weight is 297 g/mol. The number of aromatic amines is 1. The predicted octanol–water partition coefficient (Wildman–Crippen LogP) is 2.24. The molecular formula is C17H19N3O2. The zero-order valence-corrected chi connectivity index (χ0v) is 12.6. The fraction of sp³-hybridized carbons (Fsp3) is 0.353. The van der Waals surface area contributed by atoms with Crippen molar-refractivity contribution in [1.82, 2.24) is 14.9 Å². The molecular weight excluding hydrogens is 278 g/mol. The summed E-state index contributed by atoms with van der Waals surface area (Å²) in [6.07, 6.45) is 6.86. The number of hydrogen-bond acceptors (Lipinski definition) is 3. The molecule has 22 heavy (non-hydrogen) atoms. The Bertz CT molecular complexity index is 779. The summed E-state index contributed by atoms with van der Waals surface area (Å²) in [4.78, 5) is 33.1. The number of nitrogens with one attached hydrogen (secondary N) is 1. The third-order valence-corrected chi connectivity index (χ3v) is 4.02. The quantitative estimate of drug-likeness (QED) is 0.880. The Morgan fingerprint density at radius 2 is 2.23 bits per heavy atom. The molecule has 1 aliphatic rings. The van der Waals surface area contributed by atoms with Crippen molar-refractivity contribution in [3.05, 3.63) is 52.6 Å². The van der Waals surface area contributed by atoms with Gasteiger partial charge in [0.1, 0.15) is 5.82 Å². The summed E-state index contributed by atoms with van der Waals surface area (Å²) in [5.74, 6) is 0.937. The molecule has 1 aliphatic carbocycles. The normalized spacial score (nSPS) is 17.0. The number of H-pyrrole nitrogens is 1. The third kappa shape index (κ3) is 3.08. The monoisotopic (exact) mass is 297 g/mol. The van der Waals surface area contributed by atoms with E-state index in [0.29, 0.717) is 35.6 Å². The Hall–Kier alpha value is -2.43. The number of allylic oxidation sites excluding steroid dienone is 2.